The van der Waals surface area contributed by atoms with Gasteiger partial charge in [-0.1, -0.05) is 64.7 Å². The summed E-state index contributed by atoms with van der Waals surface area (Å²) >= 11 is 0. The Morgan fingerprint density at radius 1 is 0.750 bits per heavy atom. The van der Waals surface area contributed by atoms with Crippen LogP contribution < -0.4 is 17.0 Å². The first-order valence-electron chi connectivity index (χ1n) is 8.44. The minimum absolute atomic E-state index is 0. The second-order valence-electron chi connectivity index (χ2n) is 6.92. The summed E-state index contributed by atoms with van der Waals surface area (Å²) < 4.78 is 0.883. The fraction of sp³-hybridized carbons (Fsp3) is 1.00. The van der Waals surface area contributed by atoms with Crippen molar-refractivity contribution in [1.82, 2.24) is 0 Å². The van der Waals surface area contributed by atoms with Crippen molar-refractivity contribution in [3.63, 3.8) is 0 Å². The van der Waals surface area contributed by atoms with Crippen LogP contribution in [0.5, 0.6) is 0 Å². The van der Waals surface area contributed by atoms with Gasteiger partial charge in [-0.25, -0.2) is 0 Å². The number of unbranched alkanes of at least 4 members (excludes halogenated alkanes) is 9. The third-order valence-electron chi connectivity index (χ3n) is 4.20. The van der Waals surface area contributed by atoms with Gasteiger partial charge in [0, 0.05) is 6.42 Å². The van der Waals surface area contributed by atoms with Gasteiger partial charge in [0.1, 0.15) is 6.04 Å². The van der Waals surface area contributed by atoms with Gasteiger partial charge in [0.05, 0.1) is 27.7 Å². The third kappa shape index (κ3) is 13.4. The van der Waals surface area contributed by atoms with Gasteiger partial charge in [-0.2, -0.15) is 0 Å². The van der Waals surface area contributed by atoms with Crippen LogP contribution in [0, 0.1) is 0 Å². The number of hydrogen-bond acceptors (Lipinski definition) is 1. The average molecular weight is 352 g/mol. The topological polar surface area (TPSA) is 20.2 Å². The van der Waals surface area contributed by atoms with Gasteiger partial charge in [-0.05, 0) is 6.42 Å². The quantitative estimate of drug-likeness (QED) is 0.392. The monoisotopic (exact) mass is 351 g/mol. The molecule has 0 radical (unpaired) electrons. The zero-order chi connectivity index (χ0) is 14.6. The molecule has 0 fully saturated rings. The first kappa shape index (κ1) is 22.7. The predicted molar refractivity (Wildman–Crippen MR) is 85.4 cm³/mol. The van der Waals surface area contributed by atoms with E-state index in [1.165, 1.54) is 64.2 Å². The summed E-state index contributed by atoms with van der Waals surface area (Å²) in [4.78, 5) is 0. The Bertz CT molecular complexity index is 192. The number of aliphatic hydroxyl groups is 1. The van der Waals surface area contributed by atoms with Crippen LogP contribution in [0.15, 0.2) is 0 Å². The summed E-state index contributed by atoms with van der Waals surface area (Å²) in [6.07, 6.45) is 15.0. The zero-order valence-corrected chi connectivity index (χ0v) is 15.9. The largest absolute Gasteiger partial charge is 1.00 e. The molecule has 0 aliphatic rings. The van der Waals surface area contributed by atoms with Gasteiger partial charge in [0.15, 0.2) is 0 Å². The zero-order valence-electron chi connectivity index (χ0n) is 14.3. The SMILES string of the molecule is CCCCCCCCCCCCC(CO)[N+](C)(C)C.[Br-]. The number of halogens is 1. The van der Waals surface area contributed by atoms with Crippen molar-refractivity contribution in [1.29, 1.82) is 0 Å². The fourth-order valence-electron chi connectivity index (χ4n) is 2.59. The smallest absolute Gasteiger partial charge is 0.112 e. The number of rotatable bonds is 13. The van der Waals surface area contributed by atoms with Crippen molar-refractivity contribution < 1.29 is 26.6 Å². The molecule has 0 bridgehead atoms. The number of likely N-dealkylation sites (N-methyl/N-ethyl adjacent to an activating group) is 1. The van der Waals surface area contributed by atoms with E-state index < -0.39 is 0 Å². The third-order valence-corrected chi connectivity index (χ3v) is 4.20. The van der Waals surface area contributed by atoms with E-state index in [0.717, 1.165) is 10.9 Å². The van der Waals surface area contributed by atoms with Crippen molar-refractivity contribution in [2.24, 2.45) is 0 Å². The lowest BCUT2D eigenvalue weighted by atomic mass is 10.0. The molecule has 0 aromatic carbocycles. The summed E-state index contributed by atoms with van der Waals surface area (Å²) in [6.45, 7) is 2.59. The van der Waals surface area contributed by atoms with E-state index >= 15 is 0 Å². The van der Waals surface area contributed by atoms with Crippen molar-refractivity contribution in [2.75, 3.05) is 27.7 Å². The van der Waals surface area contributed by atoms with Crippen molar-refractivity contribution in [2.45, 2.75) is 83.6 Å². The summed E-state index contributed by atoms with van der Waals surface area (Å²) in [5.41, 5.74) is 0. The Morgan fingerprint density at radius 2 is 1.15 bits per heavy atom. The van der Waals surface area contributed by atoms with Crippen LogP contribution in [0.25, 0.3) is 0 Å². The maximum atomic E-state index is 9.39. The molecule has 0 saturated heterocycles. The lowest BCUT2D eigenvalue weighted by Gasteiger charge is -2.33. The number of nitrogens with zero attached hydrogens (tertiary/aromatic N) is 1. The molecule has 1 atom stereocenters. The number of hydrogen-bond donors (Lipinski definition) is 1. The van der Waals surface area contributed by atoms with Gasteiger partial charge in [-0.15, -0.1) is 0 Å². The molecule has 0 aliphatic carbocycles. The summed E-state index contributed by atoms with van der Waals surface area (Å²) in [5, 5.41) is 9.39. The van der Waals surface area contributed by atoms with E-state index in [1.807, 2.05) is 0 Å². The molecule has 0 spiro atoms. The summed E-state index contributed by atoms with van der Waals surface area (Å²) in [5.74, 6) is 0. The molecule has 0 aromatic rings. The fourth-order valence-corrected chi connectivity index (χ4v) is 2.59. The molecule has 20 heavy (non-hydrogen) atoms. The Kier molecular flexibility index (Phi) is 16.3. The first-order valence-corrected chi connectivity index (χ1v) is 8.44. The van der Waals surface area contributed by atoms with Crippen LogP contribution in [0.1, 0.15) is 77.6 Å². The molecular formula is C17H38BrNO. The minimum atomic E-state index is 0. The molecular weight excluding hydrogens is 314 g/mol. The second kappa shape index (κ2) is 14.3. The molecule has 0 heterocycles. The normalized spacial score (nSPS) is 13.1. The first-order chi connectivity index (χ1) is 9.02. The second-order valence-corrected chi connectivity index (χ2v) is 6.92. The molecule has 0 aromatic heterocycles. The molecule has 2 nitrogen and oxygen atoms in total. The highest BCUT2D eigenvalue weighted by Gasteiger charge is 2.21. The molecule has 3 heteroatoms. The Hall–Kier alpha value is 0.400. The van der Waals surface area contributed by atoms with Gasteiger partial charge in [-0.3, -0.25) is 0 Å². The lowest BCUT2D eigenvalue weighted by Crippen LogP contribution is -3.00. The predicted octanol–water partition coefficient (Wildman–Crippen LogP) is 1.37. The molecule has 0 rings (SSSR count). The van der Waals surface area contributed by atoms with Crippen LogP contribution in [-0.2, 0) is 0 Å². The highest BCUT2D eigenvalue weighted by molar-refractivity contribution is 4.56. The average Bonchev–Trinajstić information content (AvgIpc) is 2.34. The standard InChI is InChI=1S/C17H38NO.BrH/c1-5-6-7-8-9-10-11-12-13-14-15-17(16-19)18(2,3)4;/h17,19H,5-16H2,1-4H3;1H/q+1;/p-1. The Balaban J connectivity index is 0. The van der Waals surface area contributed by atoms with E-state index in [4.69, 9.17) is 0 Å². The highest BCUT2D eigenvalue weighted by atomic mass is 79.9. The van der Waals surface area contributed by atoms with E-state index in [2.05, 4.69) is 28.1 Å². The van der Waals surface area contributed by atoms with Crippen LogP contribution in [0.3, 0.4) is 0 Å². The minimum Gasteiger partial charge on any atom is -1.00 e. The van der Waals surface area contributed by atoms with Crippen LogP contribution >= 0.6 is 0 Å². The number of quaternary nitrogens is 1. The van der Waals surface area contributed by atoms with E-state index in [1.54, 1.807) is 0 Å². The van der Waals surface area contributed by atoms with Gasteiger partial charge in [0.2, 0.25) is 0 Å². The van der Waals surface area contributed by atoms with Gasteiger partial charge >= 0.3 is 0 Å². The summed E-state index contributed by atoms with van der Waals surface area (Å²) in [6, 6.07) is 0.411. The maximum Gasteiger partial charge on any atom is 0.112 e. The lowest BCUT2D eigenvalue weighted by molar-refractivity contribution is -0.897. The molecule has 0 aliphatic heterocycles. The van der Waals surface area contributed by atoms with E-state index in [0.29, 0.717) is 12.6 Å². The Labute approximate surface area is 138 Å². The highest BCUT2D eigenvalue weighted by Crippen LogP contribution is 2.14. The maximum absolute atomic E-state index is 9.39. The van der Waals surface area contributed by atoms with Gasteiger partial charge in [0.25, 0.3) is 0 Å². The van der Waals surface area contributed by atoms with Gasteiger partial charge < -0.3 is 26.6 Å². The van der Waals surface area contributed by atoms with Crippen molar-refractivity contribution >= 4 is 0 Å². The van der Waals surface area contributed by atoms with Crippen LogP contribution in [0.4, 0.5) is 0 Å². The molecule has 0 amide bonds. The van der Waals surface area contributed by atoms with Crippen LogP contribution in [-0.4, -0.2) is 43.4 Å². The Morgan fingerprint density at radius 3 is 1.50 bits per heavy atom. The number of aliphatic hydroxyl groups excluding tert-OH is 1. The van der Waals surface area contributed by atoms with E-state index in [-0.39, 0.29) is 17.0 Å². The van der Waals surface area contributed by atoms with Crippen LogP contribution in [0.2, 0.25) is 0 Å². The van der Waals surface area contributed by atoms with E-state index in [9.17, 15) is 5.11 Å². The molecule has 1 unspecified atom stereocenters. The molecule has 124 valence electrons. The molecule has 0 saturated carbocycles. The van der Waals surface area contributed by atoms with Crippen molar-refractivity contribution in [3.8, 4) is 0 Å². The van der Waals surface area contributed by atoms with Crippen molar-refractivity contribution in [3.05, 3.63) is 0 Å². The summed E-state index contributed by atoms with van der Waals surface area (Å²) in [7, 11) is 6.53. The molecule has 1 N–H and O–H groups in total.